The summed E-state index contributed by atoms with van der Waals surface area (Å²) < 4.78 is 0. The number of thiazole rings is 1. The Balaban J connectivity index is 1.25. The number of anilines is 1. The van der Waals surface area contributed by atoms with Crippen molar-refractivity contribution in [2.45, 2.75) is 31.8 Å². The Morgan fingerprint density at radius 1 is 1.32 bits per heavy atom. The molecule has 1 saturated heterocycles. The van der Waals surface area contributed by atoms with Crippen LogP contribution in [0, 0.1) is 5.41 Å². The molecule has 1 aliphatic heterocycles. The first kappa shape index (κ1) is 15.3. The van der Waals surface area contributed by atoms with Crippen molar-refractivity contribution in [1.29, 1.82) is 0 Å². The van der Waals surface area contributed by atoms with E-state index in [9.17, 15) is 0 Å². The summed E-state index contributed by atoms with van der Waals surface area (Å²) in [7, 11) is 2.25. The van der Waals surface area contributed by atoms with Crippen molar-refractivity contribution in [1.82, 2.24) is 24.8 Å². The highest BCUT2D eigenvalue weighted by atomic mass is 32.1. The third-order valence-corrected chi connectivity index (χ3v) is 6.70. The van der Waals surface area contributed by atoms with Gasteiger partial charge in [0.25, 0.3) is 0 Å². The van der Waals surface area contributed by atoms with Crippen LogP contribution in [0.1, 0.15) is 24.3 Å². The van der Waals surface area contributed by atoms with E-state index in [0.29, 0.717) is 11.5 Å². The lowest BCUT2D eigenvalue weighted by molar-refractivity contribution is 0.238. The highest BCUT2D eigenvalue weighted by Gasteiger charge is 2.56. The summed E-state index contributed by atoms with van der Waals surface area (Å²) >= 11 is 1.75. The summed E-state index contributed by atoms with van der Waals surface area (Å²) in [4.78, 5) is 21.4. The summed E-state index contributed by atoms with van der Waals surface area (Å²) in [5.41, 5.74) is 1.44. The van der Waals surface area contributed by atoms with Crippen LogP contribution >= 0.6 is 11.3 Å². The van der Waals surface area contributed by atoms with E-state index in [1.54, 1.807) is 17.7 Å². The van der Waals surface area contributed by atoms with Crippen LogP contribution in [0.3, 0.4) is 0 Å². The van der Waals surface area contributed by atoms with Crippen LogP contribution in [0.15, 0.2) is 30.2 Å². The summed E-state index contributed by atoms with van der Waals surface area (Å²) in [5, 5.41) is 4.41. The van der Waals surface area contributed by atoms with Gasteiger partial charge < -0.3 is 9.88 Å². The number of aromatic amines is 1. The van der Waals surface area contributed by atoms with Crippen LogP contribution in [0.4, 0.5) is 5.82 Å². The molecule has 1 saturated carbocycles. The van der Waals surface area contributed by atoms with E-state index in [0.717, 1.165) is 36.5 Å². The molecule has 1 spiro atoms. The third kappa shape index (κ3) is 2.62. The largest absolute Gasteiger partial charge is 0.356 e. The molecule has 5 rings (SSSR count). The highest BCUT2D eigenvalue weighted by molar-refractivity contribution is 7.09. The van der Waals surface area contributed by atoms with Crippen molar-refractivity contribution in [3.05, 3.63) is 35.2 Å². The fourth-order valence-electron chi connectivity index (χ4n) is 4.42. The quantitative estimate of drug-likeness (QED) is 0.781. The molecule has 25 heavy (non-hydrogen) atoms. The lowest BCUT2D eigenvalue weighted by Crippen LogP contribution is -2.38. The third-order valence-electron chi connectivity index (χ3n) is 5.94. The number of nitrogens with zero attached hydrogens (tertiary/aromatic N) is 5. The zero-order valence-corrected chi connectivity index (χ0v) is 15.2. The van der Waals surface area contributed by atoms with E-state index in [-0.39, 0.29) is 0 Å². The molecule has 130 valence electrons. The zero-order valence-electron chi connectivity index (χ0n) is 14.4. The van der Waals surface area contributed by atoms with Crippen molar-refractivity contribution >= 4 is 28.2 Å². The number of H-pyrrole nitrogens is 1. The number of aromatic nitrogens is 4. The first-order valence-corrected chi connectivity index (χ1v) is 9.75. The first-order valence-electron chi connectivity index (χ1n) is 8.87. The summed E-state index contributed by atoms with van der Waals surface area (Å²) in [6.07, 6.45) is 9.33. The fraction of sp³-hybridized carbons (Fsp3) is 0.500. The predicted molar refractivity (Wildman–Crippen MR) is 99.8 cm³/mol. The second-order valence-corrected chi connectivity index (χ2v) is 8.33. The maximum Gasteiger partial charge on any atom is 0.142 e. The van der Waals surface area contributed by atoms with Gasteiger partial charge >= 0.3 is 0 Å². The lowest BCUT2D eigenvalue weighted by Gasteiger charge is -2.35. The molecular formula is C18H22N6S. The Morgan fingerprint density at radius 2 is 2.20 bits per heavy atom. The van der Waals surface area contributed by atoms with Crippen molar-refractivity contribution in [2.75, 3.05) is 25.0 Å². The van der Waals surface area contributed by atoms with E-state index in [2.05, 4.69) is 48.2 Å². The normalized spacial score (nSPS) is 22.2. The molecule has 1 aliphatic carbocycles. The van der Waals surface area contributed by atoms with Gasteiger partial charge in [-0.15, -0.1) is 11.3 Å². The van der Waals surface area contributed by atoms with Crippen LogP contribution < -0.4 is 4.90 Å². The Morgan fingerprint density at radius 3 is 3.00 bits per heavy atom. The van der Waals surface area contributed by atoms with Crippen LogP contribution in [-0.4, -0.2) is 51.0 Å². The molecule has 2 aliphatic rings. The average Bonchev–Trinajstić information content (AvgIpc) is 3.00. The minimum absolute atomic E-state index is 0.507. The van der Waals surface area contributed by atoms with Gasteiger partial charge in [-0.2, -0.15) is 0 Å². The van der Waals surface area contributed by atoms with Crippen LogP contribution in [0.25, 0.3) is 11.0 Å². The van der Waals surface area contributed by atoms with Crippen LogP contribution in [0.5, 0.6) is 0 Å². The first-order chi connectivity index (χ1) is 12.3. The van der Waals surface area contributed by atoms with Gasteiger partial charge in [-0.05, 0) is 37.8 Å². The monoisotopic (exact) mass is 354 g/mol. The topological polar surface area (TPSA) is 60.9 Å². The molecule has 4 heterocycles. The maximum absolute atomic E-state index is 4.55. The molecule has 1 unspecified atom stereocenters. The van der Waals surface area contributed by atoms with Gasteiger partial charge in [0, 0.05) is 36.9 Å². The van der Waals surface area contributed by atoms with Crippen molar-refractivity contribution in [3.8, 4) is 0 Å². The number of fused-ring (bicyclic) bond motifs is 1. The predicted octanol–water partition coefficient (Wildman–Crippen LogP) is 2.91. The Bertz CT molecular complexity index is 865. The number of piperidine rings is 1. The standard InChI is InChI=1S/C18H22N6S/c1-23(11-15-19-6-9-25-15)14-10-18(14)3-7-24(8-4-18)17-13-2-5-20-16(13)21-12-22-17/h2,5-6,9,12,14H,3-4,7-8,10-11H2,1H3,(H,20,21,22). The Hall–Kier alpha value is -1.99. The molecule has 2 fully saturated rings. The molecule has 0 amide bonds. The van der Waals surface area contributed by atoms with Crippen molar-refractivity contribution in [2.24, 2.45) is 5.41 Å². The Kier molecular flexibility index (Phi) is 3.53. The molecule has 3 aromatic rings. The Labute approximate surface area is 150 Å². The number of hydrogen-bond donors (Lipinski definition) is 1. The van der Waals surface area contributed by atoms with E-state index in [1.165, 1.54) is 24.3 Å². The smallest absolute Gasteiger partial charge is 0.142 e. The summed E-state index contributed by atoms with van der Waals surface area (Å²) in [6.45, 7) is 3.14. The fourth-order valence-corrected chi connectivity index (χ4v) is 5.09. The molecule has 6 nitrogen and oxygen atoms in total. The maximum atomic E-state index is 4.55. The minimum atomic E-state index is 0.507. The van der Waals surface area contributed by atoms with Gasteiger partial charge in [-0.3, -0.25) is 4.90 Å². The van der Waals surface area contributed by atoms with E-state index < -0.39 is 0 Å². The average molecular weight is 354 g/mol. The lowest BCUT2D eigenvalue weighted by atomic mass is 9.92. The second kappa shape index (κ2) is 5.78. The summed E-state index contributed by atoms with van der Waals surface area (Å²) in [5.74, 6) is 1.08. The van der Waals surface area contributed by atoms with E-state index in [1.807, 2.05) is 12.4 Å². The van der Waals surface area contributed by atoms with Gasteiger partial charge in [-0.1, -0.05) is 0 Å². The van der Waals surface area contributed by atoms with Crippen LogP contribution in [0.2, 0.25) is 0 Å². The van der Waals surface area contributed by atoms with Gasteiger partial charge in [0.1, 0.15) is 22.8 Å². The van der Waals surface area contributed by atoms with E-state index >= 15 is 0 Å². The van der Waals surface area contributed by atoms with Gasteiger partial charge in [-0.25, -0.2) is 15.0 Å². The summed E-state index contributed by atoms with van der Waals surface area (Å²) in [6, 6.07) is 2.78. The number of nitrogens with one attached hydrogen (secondary N) is 1. The second-order valence-electron chi connectivity index (χ2n) is 7.35. The number of rotatable bonds is 4. The van der Waals surface area contributed by atoms with E-state index in [4.69, 9.17) is 0 Å². The molecular weight excluding hydrogens is 332 g/mol. The molecule has 3 aromatic heterocycles. The molecule has 1 N–H and O–H groups in total. The molecule has 0 radical (unpaired) electrons. The SMILES string of the molecule is CN(Cc1nccs1)C1CC12CCN(c1ncnc3[nH]ccc13)CC2. The van der Waals surface area contributed by atoms with Gasteiger partial charge in [0.15, 0.2) is 0 Å². The van der Waals surface area contributed by atoms with Gasteiger partial charge in [0.05, 0.1) is 11.9 Å². The van der Waals surface area contributed by atoms with Crippen LogP contribution in [-0.2, 0) is 6.54 Å². The molecule has 7 heteroatoms. The zero-order chi connectivity index (χ0) is 16.9. The minimum Gasteiger partial charge on any atom is -0.356 e. The van der Waals surface area contributed by atoms with Gasteiger partial charge in [0.2, 0.25) is 0 Å². The van der Waals surface area contributed by atoms with Crippen molar-refractivity contribution < 1.29 is 0 Å². The molecule has 0 bridgehead atoms. The molecule has 0 aromatic carbocycles. The number of hydrogen-bond acceptors (Lipinski definition) is 6. The molecule has 1 atom stereocenters. The van der Waals surface area contributed by atoms with Crippen molar-refractivity contribution in [3.63, 3.8) is 0 Å². The highest BCUT2D eigenvalue weighted by Crippen LogP contribution is 2.56.